The quantitative estimate of drug-likeness (QED) is 0.364. The summed E-state index contributed by atoms with van der Waals surface area (Å²) in [6, 6.07) is 17.4. The number of amides is 1. The van der Waals surface area contributed by atoms with Crippen LogP contribution in [-0.4, -0.2) is 20.7 Å². The Hall–Kier alpha value is -2.93. The molecule has 0 aliphatic rings. The van der Waals surface area contributed by atoms with Gasteiger partial charge in [0.2, 0.25) is 0 Å². The number of carbonyl (C=O) groups is 1. The standard InChI is InChI=1S/C21H12Cl3FN4O/c22-14-3-1-12(2-4-14)17-11-20(29(28-17)16-7-5-15(25)6-8-16)27-21(30)13-9-18(23)26-19(24)10-13/h1-11H,(H,27,30). The van der Waals surface area contributed by atoms with Crippen LogP contribution in [0.15, 0.2) is 66.7 Å². The highest BCUT2D eigenvalue weighted by molar-refractivity contribution is 6.33. The minimum atomic E-state index is -0.452. The third kappa shape index (κ3) is 4.46. The van der Waals surface area contributed by atoms with Crippen LogP contribution in [0.25, 0.3) is 16.9 Å². The number of halogens is 4. The maximum absolute atomic E-state index is 13.4. The Morgan fingerprint density at radius 1 is 0.900 bits per heavy atom. The third-order valence-corrected chi connectivity index (χ3v) is 4.83. The number of hydrogen-bond acceptors (Lipinski definition) is 3. The molecule has 2 aromatic carbocycles. The SMILES string of the molecule is O=C(Nc1cc(-c2ccc(Cl)cc2)nn1-c1ccc(F)cc1)c1cc(Cl)nc(Cl)c1. The Labute approximate surface area is 186 Å². The van der Waals surface area contributed by atoms with E-state index in [-0.39, 0.29) is 21.7 Å². The van der Waals surface area contributed by atoms with Crippen molar-refractivity contribution in [1.82, 2.24) is 14.8 Å². The zero-order chi connectivity index (χ0) is 21.3. The Morgan fingerprint density at radius 3 is 2.17 bits per heavy atom. The molecule has 0 fully saturated rings. The summed E-state index contributed by atoms with van der Waals surface area (Å²) in [7, 11) is 0. The van der Waals surface area contributed by atoms with Crippen LogP contribution in [0.1, 0.15) is 10.4 Å². The summed E-state index contributed by atoms with van der Waals surface area (Å²) < 4.78 is 14.9. The first-order chi connectivity index (χ1) is 14.4. The number of pyridine rings is 1. The van der Waals surface area contributed by atoms with E-state index in [1.165, 1.54) is 28.9 Å². The molecule has 0 saturated heterocycles. The van der Waals surface area contributed by atoms with Gasteiger partial charge in [-0.1, -0.05) is 46.9 Å². The number of anilines is 1. The number of aromatic nitrogens is 3. The van der Waals surface area contributed by atoms with Crippen LogP contribution in [0.5, 0.6) is 0 Å². The molecule has 0 spiro atoms. The van der Waals surface area contributed by atoms with Crippen LogP contribution in [0.3, 0.4) is 0 Å². The van der Waals surface area contributed by atoms with Crippen LogP contribution in [0.2, 0.25) is 15.3 Å². The summed E-state index contributed by atoms with van der Waals surface area (Å²) in [5, 5.41) is 8.15. The number of benzene rings is 2. The van der Waals surface area contributed by atoms with E-state index < -0.39 is 5.91 Å². The predicted octanol–water partition coefficient (Wildman–Crippen LogP) is 6.29. The summed E-state index contributed by atoms with van der Waals surface area (Å²) in [4.78, 5) is 16.6. The summed E-state index contributed by atoms with van der Waals surface area (Å²) in [6.45, 7) is 0. The van der Waals surface area contributed by atoms with Crippen molar-refractivity contribution in [2.45, 2.75) is 0 Å². The molecule has 0 saturated carbocycles. The Morgan fingerprint density at radius 2 is 1.53 bits per heavy atom. The van der Waals surface area contributed by atoms with Gasteiger partial charge in [-0.25, -0.2) is 14.1 Å². The lowest BCUT2D eigenvalue weighted by atomic mass is 10.1. The van der Waals surface area contributed by atoms with Gasteiger partial charge in [-0.05, 0) is 48.5 Å². The molecule has 0 bridgehead atoms. The topological polar surface area (TPSA) is 59.8 Å². The molecule has 9 heteroatoms. The van der Waals surface area contributed by atoms with Gasteiger partial charge in [-0.2, -0.15) is 5.10 Å². The minimum Gasteiger partial charge on any atom is -0.306 e. The van der Waals surface area contributed by atoms with Gasteiger partial charge in [0.05, 0.1) is 11.4 Å². The second-order valence-corrected chi connectivity index (χ2v) is 7.48. The fourth-order valence-electron chi connectivity index (χ4n) is 2.80. The van der Waals surface area contributed by atoms with E-state index in [1.807, 2.05) is 12.1 Å². The van der Waals surface area contributed by atoms with Crippen molar-refractivity contribution in [2.75, 3.05) is 5.32 Å². The molecule has 0 aliphatic carbocycles. The molecule has 0 unspecified atom stereocenters. The molecular formula is C21H12Cl3FN4O. The number of nitrogens with one attached hydrogen (secondary N) is 1. The highest BCUT2D eigenvalue weighted by atomic mass is 35.5. The van der Waals surface area contributed by atoms with Crippen LogP contribution >= 0.6 is 34.8 Å². The van der Waals surface area contributed by atoms with Crippen molar-refractivity contribution >= 4 is 46.5 Å². The predicted molar refractivity (Wildman–Crippen MR) is 116 cm³/mol. The van der Waals surface area contributed by atoms with Crippen molar-refractivity contribution in [1.29, 1.82) is 0 Å². The Balaban J connectivity index is 1.75. The van der Waals surface area contributed by atoms with E-state index in [0.717, 1.165) is 5.56 Å². The summed E-state index contributed by atoms with van der Waals surface area (Å²) in [6.07, 6.45) is 0. The molecule has 1 amide bonds. The second kappa shape index (κ2) is 8.44. The maximum atomic E-state index is 13.4. The molecule has 1 N–H and O–H groups in total. The first-order valence-corrected chi connectivity index (χ1v) is 9.79. The molecule has 2 heterocycles. The lowest BCUT2D eigenvalue weighted by molar-refractivity contribution is 0.102. The number of rotatable bonds is 4. The van der Waals surface area contributed by atoms with Gasteiger partial charge >= 0.3 is 0 Å². The first kappa shape index (κ1) is 20.3. The van der Waals surface area contributed by atoms with Crippen molar-refractivity contribution in [3.63, 3.8) is 0 Å². The molecule has 4 aromatic rings. The second-order valence-electron chi connectivity index (χ2n) is 6.27. The fraction of sp³-hybridized carbons (Fsp3) is 0. The van der Waals surface area contributed by atoms with Crippen LogP contribution in [-0.2, 0) is 0 Å². The van der Waals surface area contributed by atoms with Crippen LogP contribution < -0.4 is 5.32 Å². The lowest BCUT2D eigenvalue weighted by Gasteiger charge is -2.09. The monoisotopic (exact) mass is 460 g/mol. The Bertz CT molecular complexity index is 1200. The average molecular weight is 462 g/mol. The van der Waals surface area contributed by atoms with E-state index in [4.69, 9.17) is 34.8 Å². The molecule has 5 nitrogen and oxygen atoms in total. The number of hydrogen-bond donors (Lipinski definition) is 1. The molecule has 0 aliphatic heterocycles. The van der Waals surface area contributed by atoms with Crippen molar-refractivity contribution < 1.29 is 9.18 Å². The van der Waals surface area contributed by atoms with Crippen LogP contribution in [0, 0.1) is 5.82 Å². The molecular weight excluding hydrogens is 450 g/mol. The van der Waals surface area contributed by atoms with Gasteiger partial charge in [-0.3, -0.25) is 4.79 Å². The van der Waals surface area contributed by atoms with Gasteiger partial charge in [0, 0.05) is 22.2 Å². The molecule has 30 heavy (non-hydrogen) atoms. The van der Waals surface area contributed by atoms with E-state index in [9.17, 15) is 9.18 Å². The van der Waals surface area contributed by atoms with Gasteiger partial charge in [0.1, 0.15) is 21.9 Å². The highest BCUT2D eigenvalue weighted by Crippen LogP contribution is 2.27. The molecule has 0 radical (unpaired) electrons. The zero-order valence-corrected chi connectivity index (χ0v) is 17.4. The fourth-order valence-corrected chi connectivity index (χ4v) is 3.38. The van der Waals surface area contributed by atoms with E-state index in [0.29, 0.717) is 22.2 Å². The zero-order valence-electron chi connectivity index (χ0n) is 15.1. The van der Waals surface area contributed by atoms with Gasteiger partial charge in [-0.15, -0.1) is 0 Å². The van der Waals surface area contributed by atoms with Crippen molar-refractivity contribution in [3.8, 4) is 16.9 Å². The smallest absolute Gasteiger partial charge is 0.257 e. The molecule has 4 rings (SSSR count). The first-order valence-electron chi connectivity index (χ1n) is 8.65. The largest absolute Gasteiger partial charge is 0.306 e. The minimum absolute atomic E-state index is 0.0987. The number of carbonyl (C=O) groups excluding carboxylic acids is 1. The average Bonchev–Trinajstić information content (AvgIpc) is 3.12. The third-order valence-electron chi connectivity index (χ3n) is 4.19. The van der Waals surface area contributed by atoms with E-state index >= 15 is 0 Å². The van der Waals surface area contributed by atoms with E-state index in [1.54, 1.807) is 30.3 Å². The molecule has 2 aromatic heterocycles. The summed E-state index contributed by atoms with van der Waals surface area (Å²) >= 11 is 17.8. The lowest BCUT2D eigenvalue weighted by Crippen LogP contribution is -2.15. The Kier molecular flexibility index (Phi) is 5.72. The maximum Gasteiger partial charge on any atom is 0.257 e. The van der Waals surface area contributed by atoms with Gasteiger partial charge < -0.3 is 5.32 Å². The molecule has 150 valence electrons. The normalized spacial score (nSPS) is 10.8. The summed E-state index contributed by atoms with van der Waals surface area (Å²) in [5.74, 6) is -0.455. The van der Waals surface area contributed by atoms with Crippen LogP contribution in [0.4, 0.5) is 10.2 Å². The number of nitrogens with zero attached hydrogens (tertiary/aromatic N) is 3. The summed E-state index contributed by atoms with van der Waals surface area (Å²) in [5.41, 5.74) is 2.19. The van der Waals surface area contributed by atoms with Crippen molar-refractivity contribution in [2.24, 2.45) is 0 Å². The van der Waals surface area contributed by atoms with Gasteiger partial charge in [0.15, 0.2) is 0 Å². The highest BCUT2D eigenvalue weighted by Gasteiger charge is 2.16. The van der Waals surface area contributed by atoms with Gasteiger partial charge in [0.25, 0.3) is 5.91 Å². The molecule has 0 atom stereocenters. The van der Waals surface area contributed by atoms with E-state index in [2.05, 4.69) is 15.4 Å². The van der Waals surface area contributed by atoms with Crippen molar-refractivity contribution in [3.05, 3.63) is 93.4 Å².